The molecule has 0 atom stereocenters. The Hall–Kier alpha value is -2.21. The van der Waals surface area contributed by atoms with Gasteiger partial charge in [-0.15, -0.1) is 10.2 Å². The number of rotatable bonds is 3. The van der Waals surface area contributed by atoms with E-state index < -0.39 is 0 Å². The van der Waals surface area contributed by atoms with Gasteiger partial charge >= 0.3 is 0 Å². The highest BCUT2D eigenvalue weighted by Crippen LogP contribution is 2.34. The van der Waals surface area contributed by atoms with Crippen LogP contribution in [0.4, 0.5) is 10.1 Å². The van der Waals surface area contributed by atoms with Crippen LogP contribution in [0.3, 0.4) is 0 Å². The third kappa shape index (κ3) is 3.06. The molecule has 0 aliphatic carbocycles. The van der Waals surface area contributed by atoms with Gasteiger partial charge in [0, 0.05) is 22.3 Å². The van der Waals surface area contributed by atoms with Crippen LogP contribution in [0, 0.1) is 12.7 Å². The molecule has 1 aliphatic rings. The van der Waals surface area contributed by atoms with Crippen molar-refractivity contribution in [3.05, 3.63) is 63.7 Å². The summed E-state index contributed by atoms with van der Waals surface area (Å²) in [6.07, 6.45) is 1.68. The number of hydrogen-bond acceptors (Lipinski definition) is 4. The third-order valence-corrected chi connectivity index (χ3v) is 5.19. The Morgan fingerprint density at radius 2 is 2.04 bits per heavy atom. The largest absolute Gasteiger partial charge is 0.419 e. The zero-order valence-electron chi connectivity index (χ0n) is 13.8. The predicted octanol–water partition coefficient (Wildman–Crippen LogP) is 4.90. The Bertz CT molecular complexity index is 925. The molecule has 128 valence electrons. The number of aromatic nitrogens is 2. The fourth-order valence-corrected chi connectivity index (χ4v) is 3.80. The van der Waals surface area contributed by atoms with Gasteiger partial charge in [0.25, 0.3) is 0 Å². The molecular formula is C19H17BrFN3O. The van der Waals surface area contributed by atoms with Crippen LogP contribution in [0.2, 0.25) is 0 Å². The van der Waals surface area contributed by atoms with Gasteiger partial charge in [-0.1, -0.05) is 18.2 Å². The second kappa shape index (κ2) is 6.59. The first kappa shape index (κ1) is 16.3. The Labute approximate surface area is 153 Å². The molecule has 0 spiro atoms. The van der Waals surface area contributed by atoms with E-state index in [-0.39, 0.29) is 5.82 Å². The van der Waals surface area contributed by atoms with Gasteiger partial charge in [-0.2, -0.15) is 0 Å². The van der Waals surface area contributed by atoms with Crippen LogP contribution < -0.4 is 4.90 Å². The summed E-state index contributed by atoms with van der Waals surface area (Å²) in [5.41, 5.74) is 3.69. The average molecular weight is 402 g/mol. The van der Waals surface area contributed by atoms with Crippen molar-refractivity contribution in [2.24, 2.45) is 0 Å². The lowest BCUT2D eigenvalue weighted by molar-refractivity contribution is 0.490. The molecule has 4 rings (SSSR count). The highest BCUT2D eigenvalue weighted by atomic mass is 79.9. The summed E-state index contributed by atoms with van der Waals surface area (Å²) in [6, 6.07) is 11.1. The number of aryl methyl sites for hydroxylation is 1. The molecule has 2 aromatic carbocycles. The van der Waals surface area contributed by atoms with Crippen LogP contribution in [-0.4, -0.2) is 16.7 Å². The number of anilines is 1. The molecule has 1 aromatic heterocycles. The maximum Gasteiger partial charge on any atom is 0.248 e. The van der Waals surface area contributed by atoms with Crippen molar-refractivity contribution in [1.29, 1.82) is 0 Å². The van der Waals surface area contributed by atoms with E-state index in [0.29, 0.717) is 18.3 Å². The quantitative estimate of drug-likeness (QED) is 0.625. The fraction of sp³-hybridized carbons (Fsp3) is 0.263. The van der Waals surface area contributed by atoms with Gasteiger partial charge in [0.15, 0.2) is 0 Å². The minimum Gasteiger partial charge on any atom is -0.419 e. The fourth-order valence-electron chi connectivity index (χ4n) is 3.35. The standard InChI is InChI=1S/C19H17BrFN3O/c1-12-8-9-16(21)14-6-4-10-24(18(12)14)11-17-22-23-19(25-17)13-5-2-3-7-15(13)20/h2-3,5,7-9H,4,6,10-11H2,1H3. The Morgan fingerprint density at radius 3 is 2.88 bits per heavy atom. The first-order valence-electron chi connectivity index (χ1n) is 8.23. The van der Waals surface area contributed by atoms with E-state index in [2.05, 4.69) is 31.0 Å². The summed E-state index contributed by atoms with van der Waals surface area (Å²) in [5, 5.41) is 8.34. The van der Waals surface area contributed by atoms with Crippen LogP contribution in [-0.2, 0) is 13.0 Å². The number of nitrogens with zero attached hydrogens (tertiary/aromatic N) is 3. The number of fused-ring (bicyclic) bond motifs is 1. The minimum absolute atomic E-state index is 0.135. The van der Waals surface area contributed by atoms with Crippen molar-refractivity contribution in [2.75, 3.05) is 11.4 Å². The summed E-state index contributed by atoms with van der Waals surface area (Å²) in [7, 11) is 0. The highest BCUT2D eigenvalue weighted by Gasteiger charge is 2.23. The van der Waals surface area contributed by atoms with E-state index in [1.54, 1.807) is 6.07 Å². The number of halogens is 2. The maximum absolute atomic E-state index is 14.2. The lowest BCUT2D eigenvalue weighted by Gasteiger charge is -2.31. The van der Waals surface area contributed by atoms with Crippen LogP contribution in [0.5, 0.6) is 0 Å². The highest BCUT2D eigenvalue weighted by molar-refractivity contribution is 9.10. The zero-order valence-corrected chi connectivity index (χ0v) is 15.4. The molecule has 0 bridgehead atoms. The van der Waals surface area contributed by atoms with Gasteiger partial charge in [0.2, 0.25) is 11.8 Å². The second-order valence-corrected chi connectivity index (χ2v) is 7.05. The summed E-state index contributed by atoms with van der Waals surface area (Å²) in [5.74, 6) is 0.877. The molecule has 0 saturated heterocycles. The Morgan fingerprint density at radius 1 is 1.20 bits per heavy atom. The van der Waals surface area contributed by atoms with Gasteiger partial charge in [-0.05, 0) is 59.5 Å². The van der Waals surface area contributed by atoms with Gasteiger partial charge in [0.1, 0.15) is 5.82 Å². The zero-order chi connectivity index (χ0) is 17.4. The second-order valence-electron chi connectivity index (χ2n) is 6.20. The molecule has 6 heteroatoms. The summed E-state index contributed by atoms with van der Waals surface area (Å²) >= 11 is 3.50. The Balaban J connectivity index is 1.63. The van der Waals surface area contributed by atoms with Crippen LogP contribution >= 0.6 is 15.9 Å². The van der Waals surface area contributed by atoms with Gasteiger partial charge in [0.05, 0.1) is 12.1 Å². The molecule has 1 aliphatic heterocycles. The molecule has 0 N–H and O–H groups in total. The van der Waals surface area contributed by atoms with E-state index in [1.807, 2.05) is 37.3 Å². The Kier molecular flexibility index (Phi) is 4.29. The summed E-state index contributed by atoms with van der Waals surface area (Å²) < 4.78 is 20.9. The molecule has 0 amide bonds. The van der Waals surface area contributed by atoms with Crippen molar-refractivity contribution in [2.45, 2.75) is 26.3 Å². The van der Waals surface area contributed by atoms with E-state index in [0.717, 1.165) is 46.2 Å². The average Bonchev–Trinajstić information content (AvgIpc) is 3.07. The van der Waals surface area contributed by atoms with Crippen molar-refractivity contribution in [3.63, 3.8) is 0 Å². The lowest BCUT2D eigenvalue weighted by Crippen LogP contribution is -2.30. The van der Waals surface area contributed by atoms with Gasteiger partial charge in [-0.25, -0.2) is 4.39 Å². The molecule has 3 aromatic rings. The van der Waals surface area contributed by atoms with Crippen molar-refractivity contribution in [1.82, 2.24) is 10.2 Å². The molecular weight excluding hydrogens is 385 g/mol. The first-order chi connectivity index (χ1) is 12.1. The smallest absolute Gasteiger partial charge is 0.248 e. The minimum atomic E-state index is -0.135. The SMILES string of the molecule is Cc1ccc(F)c2c1N(Cc1nnc(-c3ccccc3Br)o1)CCC2. The van der Waals surface area contributed by atoms with Crippen molar-refractivity contribution in [3.8, 4) is 11.5 Å². The molecule has 0 saturated carbocycles. The molecule has 0 fully saturated rings. The molecule has 0 unspecified atom stereocenters. The number of hydrogen-bond donors (Lipinski definition) is 0. The van der Waals surface area contributed by atoms with Crippen LogP contribution in [0.1, 0.15) is 23.4 Å². The van der Waals surface area contributed by atoms with Crippen LogP contribution in [0.15, 0.2) is 45.3 Å². The van der Waals surface area contributed by atoms with E-state index >= 15 is 0 Å². The van der Waals surface area contributed by atoms with E-state index in [9.17, 15) is 4.39 Å². The normalized spacial score (nSPS) is 13.8. The third-order valence-electron chi connectivity index (χ3n) is 4.50. The molecule has 2 heterocycles. The predicted molar refractivity (Wildman–Crippen MR) is 97.9 cm³/mol. The van der Waals surface area contributed by atoms with E-state index in [1.165, 1.54) is 0 Å². The number of benzene rings is 2. The molecule has 4 nitrogen and oxygen atoms in total. The van der Waals surface area contributed by atoms with Crippen LogP contribution in [0.25, 0.3) is 11.5 Å². The maximum atomic E-state index is 14.2. The summed E-state index contributed by atoms with van der Waals surface area (Å²) in [6.45, 7) is 3.34. The topological polar surface area (TPSA) is 42.2 Å². The lowest BCUT2D eigenvalue weighted by atomic mass is 9.97. The van der Waals surface area contributed by atoms with Crippen molar-refractivity contribution >= 4 is 21.6 Å². The summed E-state index contributed by atoms with van der Waals surface area (Å²) in [4.78, 5) is 2.13. The van der Waals surface area contributed by atoms with Gasteiger partial charge < -0.3 is 9.32 Å². The van der Waals surface area contributed by atoms with Gasteiger partial charge in [-0.3, -0.25) is 0 Å². The molecule has 0 radical (unpaired) electrons. The monoisotopic (exact) mass is 401 g/mol. The first-order valence-corrected chi connectivity index (χ1v) is 9.03. The molecule has 25 heavy (non-hydrogen) atoms. The van der Waals surface area contributed by atoms with Crippen molar-refractivity contribution < 1.29 is 8.81 Å². The van der Waals surface area contributed by atoms with E-state index in [4.69, 9.17) is 4.42 Å².